The second-order valence-electron chi connectivity index (χ2n) is 3.67. The van der Waals surface area contributed by atoms with Crippen LogP contribution in [-0.4, -0.2) is 30.8 Å². The minimum Gasteiger partial charge on any atom is -0.481 e. The number of ether oxygens (including phenoxy) is 1. The zero-order valence-electron chi connectivity index (χ0n) is 10.1. The number of carboxylic acid groups (broad SMARTS) is 1. The third-order valence-electron chi connectivity index (χ3n) is 2.19. The number of aliphatic carboxylic acids is 1. The van der Waals surface area contributed by atoms with E-state index in [0.717, 1.165) is 37.6 Å². The Morgan fingerprint density at radius 1 is 1.47 bits per heavy atom. The van der Waals surface area contributed by atoms with Crippen LogP contribution in [0.1, 0.15) is 23.1 Å². The Kier molecular flexibility index (Phi) is 6.84. The van der Waals surface area contributed by atoms with Gasteiger partial charge in [-0.1, -0.05) is 0 Å². The summed E-state index contributed by atoms with van der Waals surface area (Å²) in [6, 6.07) is 3.87. The Hall–Kier alpha value is -0.910. The number of hydrogen-bond donors (Lipinski definition) is 2. The van der Waals surface area contributed by atoms with Crippen LogP contribution in [0.2, 0.25) is 0 Å². The summed E-state index contributed by atoms with van der Waals surface area (Å²) in [6.07, 6.45) is 1.12. The summed E-state index contributed by atoms with van der Waals surface area (Å²) >= 11 is 1.55. The molecule has 96 valence electrons. The third kappa shape index (κ3) is 6.41. The van der Waals surface area contributed by atoms with Crippen molar-refractivity contribution in [2.24, 2.45) is 0 Å². The number of rotatable bonds is 9. The molecule has 1 heterocycles. The molecule has 2 N–H and O–H groups in total. The van der Waals surface area contributed by atoms with Crippen molar-refractivity contribution in [3.8, 4) is 0 Å². The summed E-state index contributed by atoms with van der Waals surface area (Å²) in [6.45, 7) is 5.27. The summed E-state index contributed by atoms with van der Waals surface area (Å²) in [5, 5.41) is 12.0. The SMILES string of the molecule is CCOCCCNCc1ccc(CC(=O)O)s1. The maximum Gasteiger partial charge on any atom is 0.308 e. The lowest BCUT2D eigenvalue weighted by atomic mass is 10.3. The molecule has 0 fully saturated rings. The van der Waals surface area contributed by atoms with E-state index in [2.05, 4.69) is 5.32 Å². The third-order valence-corrected chi connectivity index (χ3v) is 3.27. The van der Waals surface area contributed by atoms with E-state index in [1.165, 1.54) is 4.88 Å². The van der Waals surface area contributed by atoms with Crippen LogP contribution in [0.4, 0.5) is 0 Å². The van der Waals surface area contributed by atoms with E-state index in [0.29, 0.717) is 0 Å². The van der Waals surface area contributed by atoms with Crippen molar-refractivity contribution in [3.63, 3.8) is 0 Å². The van der Waals surface area contributed by atoms with Gasteiger partial charge in [0, 0.05) is 29.5 Å². The van der Waals surface area contributed by atoms with Gasteiger partial charge in [0.25, 0.3) is 0 Å². The summed E-state index contributed by atoms with van der Waals surface area (Å²) in [4.78, 5) is 12.6. The molecule has 1 aromatic rings. The number of hydrogen-bond acceptors (Lipinski definition) is 4. The highest BCUT2D eigenvalue weighted by Gasteiger charge is 2.04. The van der Waals surface area contributed by atoms with Crippen LogP contribution in [0.25, 0.3) is 0 Å². The topological polar surface area (TPSA) is 58.6 Å². The molecule has 17 heavy (non-hydrogen) atoms. The van der Waals surface area contributed by atoms with Crippen molar-refractivity contribution in [2.45, 2.75) is 26.3 Å². The first-order valence-electron chi connectivity index (χ1n) is 5.80. The van der Waals surface area contributed by atoms with E-state index in [1.54, 1.807) is 11.3 Å². The van der Waals surface area contributed by atoms with E-state index < -0.39 is 5.97 Å². The van der Waals surface area contributed by atoms with Crippen LogP contribution in [0.15, 0.2) is 12.1 Å². The zero-order chi connectivity index (χ0) is 12.5. The molecule has 1 rings (SSSR count). The van der Waals surface area contributed by atoms with Gasteiger partial charge in [-0.2, -0.15) is 0 Å². The average molecular weight is 257 g/mol. The van der Waals surface area contributed by atoms with Gasteiger partial charge in [-0.15, -0.1) is 11.3 Å². The number of carboxylic acids is 1. The van der Waals surface area contributed by atoms with Gasteiger partial charge in [-0.3, -0.25) is 4.79 Å². The van der Waals surface area contributed by atoms with Crippen molar-refractivity contribution in [2.75, 3.05) is 19.8 Å². The zero-order valence-corrected chi connectivity index (χ0v) is 10.9. The van der Waals surface area contributed by atoms with Gasteiger partial charge in [-0.25, -0.2) is 0 Å². The number of nitrogens with one attached hydrogen (secondary N) is 1. The van der Waals surface area contributed by atoms with Crippen molar-refractivity contribution < 1.29 is 14.6 Å². The van der Waals surface area contributed by atoms with Crippen molar-refractivity contribution >= 4 is 17.3 Å². The summed E-state index contributed by atoms with van der Waals surface area (Å²) in [5.74, 6) is -0.775. The standard InChI is InChI=1S/C12H19NO3S/c1-2-16-7-3-6-13-9-11-5-4-10(17-11)8-12(14)15/h4-5,13H,2-3,6-9H2,1H3,(H,14,15). The van der Waals surface area contributed by atoms with Crippen molar-refractivity contribution in [1.29, 1.82) is 0 Å². The van der Waals surface area contributed by atoms with Gasteiger partial charge in [0.05, 0.1) is 6.42 Å². The number of carbonyl (C=O) groups is 1. The lowest BCUT2D eigenvalue weighted by Gasteiger charge is -2.03. The van der Waals surface area contributed by atoms with Gasteiger partial charge in [0.15, 0.2) is 0 Å². The molecular formula is C12H19NO3S. The fraction of sp³-hybridized carbons (Fsp3) is 0.583. The molecule has 0 bridgehead atoms. The van der Waals surface area contributed by atoms with Crippen LogP contribution < -0.4 is 5.32 Å². The highest BCUT2D eigenvalue weighted by molar-refractivity contribution is 7.12. The van der Waals surface area contributed by atoms with Crippen LogP contribution in [-0.2, 0) is 22.5 Å². The average Bonchev–Trinajstić information content (AvgIpc) is 2.70. The Morgan fingerprint density at radius 2 is 2.24 bits per heavy atom. The molecule has 0 amide bonds. The van der Waals surface area contributed by atoms with Crippen molar-refractivity contribution in [1.82, 2.24) is 5.32 Å². The van der Waals surface area contributed by atoms with Crippen LogP contribution in [0.5, 0.6) is 0 Å². The van der Waals surface area contributed by atoms with E-state index in [1.807, 2.05) is 19.1 Å². The first kappa shape index (κ1) is 14.2. The second-order valence-corrected chi connectivity index (χ2v) is 4.92. The largest absolute Gasteiger partial charge is 0.481 e. The quantitative estimate of drug-likeness (QED) is 0.663. The first-order chi connectivity index (χ1) is 8.22. The molecule has 0 atom stereocenters. The normalized spacial score (nSPS) is 10.6. The molecule has 0 saturated carbocycles. The molecule has 5 heteroatoms. The van der Waals surface area contributed by atoms with E-state index in [9.17, 15) is 4.79 Å². The molecule has 4 nitrogen and oxygen atoms in total. The molecule has 0 radical (unpaired) electrons. The molecule has 0 aliphatic rings. The fourth-order valence-electron chi connectivity index (χ4n) is 1.42. The fourth-order valence-corrected chi connectivity index (χ4v) is 2.40. The predicted molar refractivity (Wildman–Crippen MR) is 68.5 cm³/mol. The van der Waals surface area contributed by atoms with Crippen LogP contribution in [0.3, 0.4) is 0 Å². The highest BCUT2D eigenvalue weighted by Crippen LogP contribution is 2.16. The maximum absolute atomic E-state index is 10.5. The van der Waals surface area contributed by atoms with Crippen LogP contribution >= 0.6 is 11.3 Å². The number of thiophene rings is 1. The first-order valence-corrected chi connectivity index (χ1v) is 6.62. The molecule has 0 spiro atoms. The highest BCUT2D eigenvalue weighted by atomic mass is 32.1. The molecule has 0 unspecified atom stereocenters. The maximum atomic E-state index is 10.5. The summed E-state index contributed by atoms with van der Waals surface area (Å²) in [5.41, 5.74) is 0. The van der Waals surface area contributed by atoms with Gasteiger partial charge in [0.1, 0.15) is 0 Å². The Balaban J connectivity index is 2.14. The summed E-state index contributed by atoms with van der Waals surface area (Å²) < 4.78 is 5.23. The van der Waals surface area contributed by atoms with Crippen LogP contribution in [0, 0.1) is 0 Å². The van der Waals surface area contributed by atoms with E-state index in [4.69, 9.17) is 9.84 Å². The minimum absolute atomic E-state index is 0.120. The molecular weight excluding hydrogens is 238 g/mol. The van der Waals surface area contributed by atoms with Gasteiger partial charge >= 0.3 is 5.97 Å². The molecule has 0 saturated heterocycles. The Labute approximate surface area is 106 Å². The van der Waals surface area contributed by atoms with Gasteiger partial charge < -0.3 is 15.2 Å². The van der Waals surface area contributed by atoms with E-state index >= 15 is 0 Å². The van der Waals surface area contributed by atoms with Gasteiger partial charge in [-0.05, 0) is 32.0 Å². The Morgan fingerprint density at radius 3 is 2.94 bits per heavy atom. The molecule has 0 aromatic carbocycles. The monoisotopic (exact) mass is 257 g/mol. The molecule has 1 aromatic heterocycles. The lowest BCUT2D eigenvalue weighted by molar-refractivity contribution is -0.136. The molecule has 0 aliphatic heterocycles. The van der Waals surface area contributed by atoms with Gasteiger partial charge in [0.2, 0.25) is 0 Å². The minimum atomic E-state index is -0.775. The summed E-state index contributed by atoms with van der Waals surface area (Å²) in [7, 11) is 0. The smallest absolute Gasteiger partial charge is 0.308 e. The van der Waals surface area contributed by atoms with Crippen molar-refractivity contribution in [3.05, 3.63) is 21.9 Å². The molecule has 0 aliphatic carbocycles. The van der Waals surface area contributed by atoms with E-state index in [-0.39, 0.29) is 6.42 Å². The Bertz CT molecular complexity index is 338. The lowest BCUT2D eigenvalue weighted by Crippen LogP contribution is -2.15. The second kappa shape index (κ2) is 8.22. The predicted octanol–water partition coefficient (Wildman–Crippen LogP) is 1.89.